The topological polar surface area (TPSA) is 35.8 Å². The average molecular weight is 326 g/mol. The third-order valence-corrected chi connectivity index (χ3v) is 4.95. The van der Waals surface area contributed by atoms with Crippen LogP contribution in [-0.4, -0.2) is 23.9 Å². The van der Waals surface area contributed by atoms with Gasteiger partial charge in [0.1, 0.15) is 11.6 Å². The van der Waals surface area contributed by atoms with Crippen LogP contribution in [0.4, 0.5) is 15.8 Å². The molecular formula is C20H23FN2O. The highest BCUT2D eigenvalue weighted by atomic mass is 19.1. The summed E-state index contributed by atoms with van der Waals surface area (Å²) in [7, 11) is 2.02. The zero-order chi connectivity index (χ0) is 17.5. The summed E-state index contributed by atoms with van der Waals surface area (Å²) in [4.78, 5) is 6.47. The van der Waals surface area contributed by atoms with Crippen LogP contribution < -0.4 is 4.90 Å². The third kappa shape index (κ3) is 3.01. The van der Waals surface area contributed by atoms with Gasteiger partial charge in [-0.3, -0.25) is 4.99 Å². The number of aliphatic imine (C=N–C) groups is 1. The third-order valence-electron chi connectivity index (χ3n) is 4.95. The van der Waals surface area contributed by atoms with Crippen molar-refractivity contribution in [3.8, 4) is 5.75 Å². The molecule has 0 aliphatic carbocycles. The monoisotopic (exact) mass is 326 g/mol. The van der Waals surface area contributed by atoms with E-state index < -0.39 is 0 Å². The van der Waals surface area contributed by atoms with Crippen molar-refractivity contribution < 1.29 is 9.50 Å². The molecular weight excluding hydrogens is 303 g/mol. The van der Waals surface area contributed by atoms with Crippen LogP contribution in [0, 0.1) is 5.82 Å². The Morgan fingerprint density at radius 3 is 2.58 bits per heavy atom. The van der Waals surface area contributed by atoms with E-state index in [0.29, 0.717) is 17.2 Å². The summed E-state index contributed by atoms with van der Waals surface area (Å²) in [5, 5.41) is 9.30. The van der Waals surface area contributed by atoms with Crippen molar-refractivity contribution in [2.24, 2.45) is 4.99 Å². The normalized spacial score (nSPS) is 19.5. The molecule has 1 aliphatic heterocycles. The molecule has 1 atom stereocenters. The number of hydrogen-bond acceptors (Lipinski definition) is 3. The minimum Gasteiger partial charge on any atom is -0.508 e. The molecule has 4 heteroatoms. The Kier molecular flexibility index (Phi) is 4.08. The smallest absolute Gasteiger partial charge is 0.134 e. The standard InChI is InChI=1S/C20H23FN2O/c1-13-11-20(2,3)23(4)19-10-18(21)14(9-17(13)19)12-22-15-5-7-16(24)8-6-15/h5-10,12-13,24H,11H2,1-4H3. The van der Waals surface area contributed by atoms with Crippen molar-refractivity contribution in [3.05, 3.63) is 53.3 Å². The maximum Gasteiger partial charge on any atom is 0.134 e. The van der Waals surface area contributed by atoms with Gasteiger partial charge in [-0.05, 0) is 68.1 Å². The van der Waals surface area contributed by atoms with E-state index in [1.54, 1.807) is 36.5 Å². The Bertz CT molecular complexity index is 781. The van der Waals surface area contributed by atoms with Gasteiger partial charge in [-0.15, -0.1) is 0 Å². The summed E-state index contributed by atoms with van der Waals surface area (Å²) in [6.07, 6.45) is 2.57. The lowest BCUT2D eigenvalue weighted by Gasteiger charge is -2.45. The number of phenols is 1. The van der Waals surface area contributed by atoms with Gasteiger partial charge in [-0.1, -0.05) is 6.92 Å². The zero-order valence-electron chi connectivity index (χ0n) is 14.5. The van der Waals surface area contributed by atoms with Crippen molar-refractivity contribution in [1.29, 1.82) is 0 Å². The molecule has 0 spiro atoms. The highest BCUT2D eigenvalue weighted by Gasteiger charge is 2.34. The van der Waals surface area contributed by atoms with Crippen molar-refractivity contribution in [2.45, 2.75) is 38.6 Å². The molecule has 2 aromatic rings. The quantitative estimate of drug-likeness (QED) is 0.788. The molecule has 2 aromatic carbocycles. The molecule has 0 saturated heterocycles. The maximum absolute atomic E-state index is 14.5. The highest BCUT2D eigenvalue weighted by Crippen LogP contribution is 2.43. The van der Waals surface area contributed by atoms with Gasteiger partial charge in [0.15, 0.2) is 0 Å². The van der Waals surface area contributed by atoms with Crippen LogP contribution in [-0.2, 0) is 0 Å². The van der Waals surface area contributed by atoms with Crippen LogP contribution in [0.25, 0.3) is 0 Å². The molecule has 1 aliphatic rings. The van der Waals surface area contributed by atoms with Gasteiger partial charge in [-0.25, -0.2) is 4.39 Å². The first-order valence-electron chi connectivity index (χ1n) is 8.18. The molecule has 0 radical (unpaired) electrons. The second-order valence-corrected chi connectivity index (χ2v) is 7.18. The fraction of sp³-hybridized carbons (Fsp3) is 0.350. The van der Waals surface area contributed by atoms with Gasteiger partial charge in [0.05, 0.1) is 5.69 Å². The lowest BCUT2D eigenvalue weighted by Crippen LogP contribution is -2.45. The SMILES string of the molecule is CC1CC(C)(C)N(C)c2cc(F)c(C=Nc3ccc(O)cc3)cc21. The first-order valence-corrected chi connectivity index (χ1v) is 8.18. The van der Waals surface area contributed by atoms with Crippen LogP contribution in [0.15, 0.2) is 41.4 Å². The number of benzene rings is 2. The van der Waals surface area contributed by atoms with E-state index in [-0.39, 0.29) is 17.1 Å². The van der Waals surface area contributed by atoms with Crippen LogP contribution in [0.1, 0.15) is 44.2 Å². The molecule has 1 N–H and O–H groups in total. The maximum atomic E-state index is 14.5. The molecule has 126 valence electrons. The minimum atomic E-state index is -0.270. The number of anilines is 1. The van der Waals surface area contributed by atoms with Crippen LogP contribution in [0.2, 0.25) is 0 Å². The summed E-state index contributed by atoms with van der Waals surface area (Å²) in [6, 6.07) is 10.0. The number of fused-ring (bicyclic) bond motifs is 1. The Morgan fingerprint density at radius 1 is 1.25 bits per heavy atom. The lowest BCUT2D eigenvalue weighted by atomic mass is 9.80. The zero-order valence-corrected chi connectivity index (χ0v) is 14.5. The number of halogens is 1. The molecule has 0 amide bonds. The number of phenolic OH excluding ortho intramolecular Hbond substituents is 1. The summed E-state index contributed by atoms with van der Waals surface area (Å²) in [6.45, 7) is 6.56. The van der Waals surface area contributed by atoms with E-state index in [9.17, 15) is 9.50 Å². The first kappa shape index (κ1) is 16.5. The van der Waals surface area contributed by atoms with Crippen molar-refractivity contribution >= 4 is 17.6 Å². The predicted molar refractivity (Wildman–Crippen MR) is 97.3 cm³/mol. The molecule has 24 heavy (non-hydrogen) atoms. The second kappa shape index (κ2) is 5.93. The molecule has 0 fully saturated rings. The number of hydrogen-bond donors (Lipinski definition) is 1. The van der Waals surface area contributed by atoms with Crippen LogP contribution >= 0.6 is 0 Å². The molecule has 3 rings (SSSR count). The minimum absolute atomic E-state index is 0.0144. The van der Waals surface area contributed by atoms with Gasteiger partial charge in [0.2, 0.25) is 0 Å². The Labute approximate surface area is 142 Å². The van der Waals surface area contributed by atoms with Crippen LogP contribution in [0.5, 0.6) is 5.75 Å². The van der Waals surface area contributed by atoms with Gasteiger partial charge in [0.25, 0.3) is 0 Å². The summed E-state index contributed by atoms with van der Waals surface area (Å²) >= 11 is 0. The largest absolute Gasteiger partial charge is 0.508 e. The lowest BCUT2D eigenvalue weighted by molar-refractivity contribution is 0.394. The van der Waals surface area contributed by atoms with Gasteiger partial charge in [-0.2, -0.15) is 0 Å². The van der Waals surface area contributed by atoms with E-state index in [2.05, 4.69) is 30.7 Å². The van der Waals surface area contributed by atoms with Crippen LogP contribution in [0.3, 0.4) is 0 Å². The molecule has 0 bridgehead atoms. The average Bonchev–Trinajstić information content (AvgIpc) is 2.52. The Balaban J connectivity index is 1.97. The van der Waals surface area contributed by atoms with Gasteiger partial charge >= 0.3 is 0 Å². The number of nitrogens with zero attached hydrogens (tertiary/aromatic N) is 2. The van der Waals surface area contributed by atoms with Crippen molar-refractivity contribution in [1.82, 2.24) is 0 Å². The molecule has 0 saturated carbocycles. The molecule has 3 nitrogen and oxygen atoms in total. The molecule has 1 unspecified atom stereocenters. The first-order chi connectivity index (χ1) is 11.3. The predicted octanol–water partition coefficient (Wildman–Crippen LogP) is 5.00. The molecule has 0 aromatic heterocycles. The highest BCUT2D eigenvalue weighted by molar-refractivity contribution is 5.84. The van der Waals surface area contributed by atoms with E-state index in [4.69, 9.17) is 0 Å². The van der Waals surface area contributed by atoms with E-state index in [1.165, 1.54) is 0 Å². The summed E-state index contributed by atoms with van der Waals surface area (Å²) < 4.78 is 14.5. The van der Waals surface area contributed by atoms with E-state index in [1.807, 2.05) is 13.1 Å². The molecule has 1 heterocycles. The van der Waals surface area contributed by atoms with Crippen molar-refractivity contribution in [3.63, 3.8) is 0 Å². The summed E-state index contributed by atoms with van der Waals surface area (Å²) in [5.41, 5.74) is 3.29. The number of aromatic hydroxyl groups is 1. The van der Waals surface area contributed by atoms with E-state index in [0.717, 1.165) is 17.7 Å². The van der Waals surface area contributed by atoms with E-state index >= 15 is 0 Å². The Hall–Kier alpha value is -2.36. The van der Waals surface area contributed by atoms with Gasteiger partial charge in [0, 0.05) is 30.1 Å². The van der Waals surface area contributed by atoms with Gasteiger partial charge < -0.3 is 10.0 Å². The second-order valence-electron chi connectivity index (χ2n) is 7.18. The summed E-state index contributed by atoms with van der Waals surface area (Å²) in [5.74, 6) is 0.286. The number of rotatable bonds is 2. The fourth-order valence-electron chi connectivity index (χ4n) is 3.39. The fourth-order valence-corrected chi connectivity index (χ4v) is 3.39. The van der Waals surface area contributed by atoms with Crippen molar-refractivity contribution in [2.75, 3.05) is 11.9 Å². The Morgan fingerprint density at radius 2 is 1.92 bits per heavy atom.